The zero-order valence-corrected chi connectivity index (χ0v) is 39.5. The number of unbranched alkanes of at least 4 members (excludes halogenated alkanes) is 32. The largest absolute Gasteiger partial charge is 0.462 e. The van der Waals surface area contributed by atoms with Crippen LogP contribution in [0.1, 0.15) is 278 Å². The van der Waals surface area contributed by atoms with Crippen molar-refractivity contribution in [1.82, 2.24) is 0 Å². The van der Waals surface area contributed by atoms with E-state index in [4.69, 9.17) is 14.2 Å². The monoisotopic (exact) mass is 831 g/mol. The molecule has 0 saturated carbocycles. The summed E-state index contributed by atoms with van der Waals surface area (Å²) in [7, 11) is 0. The summed E-state index contributed by atoms with van der Waals surface area (Å²) in [6.07, 6.45) is 54.5. The van der Waals surface area contributed by atoms with Crippen molar-refractivity contribution in [1.29, 1.82) is 0 Å². The molecule has 0 aromatic heterocycles. The SMILES string of the molecule is CCCC/C=C\CCCCCCCC(=O)OCC(COC(=O)CCCCCCCCCCCCCCCCCCC)OC(=O)CCCCC/C=C\CCCCCCCC. The minimum Gasteiger partial charge on any atom is -0.462 e. The molecule has 0 aliphatic rings. The number of esters is 3. The van der Waals surface area contributed by atoms with Crippen LogP contribution in [0.5, 0.6) is 0 Å². The average Bonchev–Trinajstić information content (AvgIpc) is 3.23. The van der Waals surface area contributed by atoms with Crippen LogP contribution in [-0.2, 0) is 28.6 Å². The lowest BCUT2D eigenvalue weighted by Crippen LogP contribution is -2.30. The zero-order valence-electron chi connectivity index (χ0n) is 39.5. The van der Waals surface area contributed by atoms with Crippen LogP contribution in [0.4, 0.5) is 0 Å². The van der Waals surface area contributed by atoms with Crippen LogP contribution in [-0.4, -0.2) is 37.2 Å². The van der Waals surface area contributed by atoms with Gasteiger partial charge in [-0.1, -0.05) is 218 Å². The van der Waals surface area contributed by atoms with E-state index in [0.717, 1.165) is 77.0 Å². The standard InChI is InChI=1S/C53H98O6/c1-4-7-10-13-16-19-22-24-25-26-27-29-31-34-37-40-43-46-52(55)58-49-50(48-57-51(54)45-42-39-36-33-30-21-18-15-12-9-6-3)59-53(56)47-44-41-38-35-32-28-23-20-17-14-11-8-5-2/h15,18,28,32,50H,4-14,16-17,19-27,29-31,33-49H2,1-3H3/b18-15-,32-28-. The van der Waals surface area contributed by atoms with E-state index in [2.05, 4.69) is 45.1 Å². The molecular formula is C53H98O6. The molecule has 0 saturated heterocycles. The number of rotatable bonds is 47. The van der Waals surface area contributed by atoms with E-state index < -0.39 is 6.10 Å². The van der Waals surface area contributed by atoms with Crippen molar-refractivity contribution in [3.05, 3.63) is 24.3 Å². The van der Waals surface area contributed by atoms with Crippen LogP contribution in [0.2, 0.25) is 0 Å². The number of hydrogen-bond acceptors (Lipinski definition) is 6. The van der Waals surface area contributed by atoms with E-state index in [1.165, 1.54) is 161 Å². The minimum absolute atomic E-state index is 0.0763. The molecule has 0 heterocycles. The van der Waals surface area contributed by atoms with Gasteiger partial charge < -0.3 is 14.2 Å². The van der Waals surface area contributed by atoms with Crippen LogP contribution < -0.4 is 0 Å². The molecule has 0 radical (unpaired) electrons. The molecular weight excluding hydrogens is 733 g/mol. The van der Waals surface area contributed by atoms with Gasteiger partial charge in [0.1, 0.15) is 13.2 Å². The third kappa shape index (κ3) is 46.8. The zero-order chi connectivity index (χ0) is 43.0. The Labute approximate surface area is 366 Å². The fraction of sp³-hybridized carbons (Fsp3) is 0.868. The molecule has 0 rings (SSSR count). The van der Waals surface area contributed by atoms with Gasteiger partial charge in [0.25, 0.3) is 0 Å². The summed E-state index contributed by atoms with van der Waals surface area (Å²) >= 11 is 0. The van der Waals surface area contributed by atoms with Gasteiger partial charge in [-0.25, -0.2) is 0 Å². The summed E-state index contributed by atoms with van der Waals surface area (Å²) in [6, 6.07) is 0. The molecule has 0 spiro atoms. The molecule has 6 heteroatoms. The van der Waals surface area contributed by atoms with Crippen molar-refractivity contribution in [2.75, 3.05) is 13.2 Å². The van der Waals surface area contributed by atoms with Gasteiger partial charge >= 0.3 is 17.9 Å². The molecule has 0 fully saturated rings. The van der Waals surface area contributed by atoms with Crippen molar-refractivity contribution in [2.24, 2.45) is 0 Å². The Morgan fingerprint density at radius 3 is 0.915 bits per heavy atom. The highest BCUT2D eigenvalue weighted by Crippen LogP contribution is 2.16. The number of carbonyl (C=O) groups is 3. The molecule has 59 heavy (non-hydrogen) atoms. The maximum atomic E-state index is 12.8. The Morgan fingerprint density at radius 2 is 0.576 bits per heavy atom. The summed E-state index contributed by atoms with van der Waals surface area (Å²) in [6.45, 7) is 6.60. The quantitative estimate of drug-likeness (QED) is 0.0263. The van der Waals surface area contributed by atoms with Gasteiger partial charge in [-0.3, -0.25) is 14.4 Å². The maximum Gasteiger partial charge on any atom is 0.306 e. The predicted octanol–water partition coefficient (Wildman–Crippen LogP) is 16.8. The van der Waals surface area contributed by atoms with Crippen LogP contribution in [0.3, 0.4) is 0 Å². The van der Waals surface area contributed by atoms with Gasteiger partial charge in [0.2, 0.25) is 0 Å². The first kappa shape index (κ1) is 56.9. The van der Waals surface area contributed by atoms with Gasteiger partial charge in [-0.2, -0.15) is 0 Å². The smallest absolute Gasteiger partial charge is 0.306 e. The lowest BCUT2D eigenvalue weighted by Gasteiger charge is -2.18. The maximum absolute atomic E-state index is 12.8. The van der Waals surface area contributed by atoms with Gasteiger partial charge in [-0.15, -0.1) is 0 Å². The molecule has 346 valence electrons. The van der Waals surface area contributed by atoms with Crippen molar-refractivity contribution in [3.8, 4) is 0 Å². The van der Waals surface area contributed by atoms with Crippen LogP contribution in [0, 0.1) is 0 Å². The molecule has 1 atom stereocenters. The first-order valence-electron chi connectivity index (χ1n) is 25.8. The van der Waals surface area contributed by atoms with Crippen molar-refractivity contribution in [2.45, 2.75) is 284 Å². The highest BCUT2D eigenvalue weighted by molar-refractivity contribution is 5.71. The Kier molecular flexibility index (Phi) is 46.8. The summed E-state index contributed by atoms with van der Waals surface area (Å²) in [4.78, 5) is 37.9. The predicted molar refractivity (Wildman–Crippen MR) is 252 cm³/mol. The first-order valence-corrected chi connectivity index (χ1v) is 25.8. The van der Waals surface area contributed by atoms with E-state index in [-0.39, 0.29) is 31.1 Å². The van der Waals surface area contributed by atoms with E-state index in [0.29, 0.717) is 19.3 Å². The molecule has 0 aromatic carbocycles. The fourth-order valence-corrected chi connectivity index (χ4v) is 7.48. The normalized spacial score (nSPS) is 12.1. The average molecular weight is 831 g/mol. The molecule has 1 unspecified atom stereocenters. The van der Waals surface area contributed by atoms with Crippen LogP contribution in [0.15, 0.2) is 24.3 Å². The second kappa shape index (κ2) is 48.6. The molecule has 0 aliphatic carbocycles. The van der Waals surface area contributed by atoms with Crippen molar-refractivity contribution < 1.29 is 28.6 Å². The number of allylic oxidation sites excluding steroid dienone is 4. The summed E-state index contributed by atoms with van der Waals surface area (Å²) in [5, 5.41) is 0. The Morgan fingerprint density at radius 1 is 0.322 bits per heavy atom. The Hall–Kier alpha value is -2.11. The van der Waals surface area contributed by atoms with E-state index in [1.54, 1.807) is 0 Å². The Balaban J connectivity index is 4.32. The lowest BCUT2D eigenvalue weighted by molar-refractivity contribution is -0.167. The number of ether oxygens (including phenoxy) is 3. The second-order valence-corrected chi connectivity index (χ2v) is 17.4. The number of carbonyl (C=O) groups excluding carboxylic acids is 3. The molecule has 0 aromatic rings. The van der Waals surface area contributed by atoms with Crippen molar-refractivity contribution in [3.63, 3.8) is 0 Å². The third-order valence-corrected chi connectivity index (χ3v) is 11.4. The molecule has 6 nitrogen and oxygen atoms in total. The minimum atomic E-state index is -0.777. The van der Waals surface area contributed by atoms with Gasteiger partial charge in [0.05, 0.1) is 0 Å². The highest BCUT2D eigenvalue weighted by atomic mass is 16.6. The summed E-state index contributed by atoms with van der Waals surface area (Å²) < 4.78 is 16.8. The number of hydrogen-bond donors (Lipinski definition) is 0. The van der Waals surface area contributed by atoms with Crippen LogP contribution in [0.25, 0.3) is 0 Å². The van der Waals surface area contributed by atoms with Crippen LogP contribution >= 0.6 is 0 Å². The molecule has 0 amide bonds. The topological polar surface area (TPSA) is 78.9 Å². The lowest BCUT2D eigenvalue weighted by atomic mass is 10.0. The Bertz CT molecular complexity index is 958. The van der Waals surface area contributed by atoms with E-state index in [9.17, 15) is 14.4 Å². The molecule has 0 N–H and O–H groups in total. The molecule has 0 aliphatic heterocycles. The van der Waals surface area contributed by atoms with E-state index in [1.807, 2.05) is 0 Å². The fourth-order valence-electron chi connectivity index (χ4n) is 7.48. The van der Waals surface area contributed by atoms with Gasteiger partial charge in [0, 0.05) is 19.3 Å². The van der Waals surface area contributed by atoms with Crippen molar-refractivity contribution >= 4 is 17.9 Å². The third-order valence-electron chi connectivity index (χ3n) is 11.4. The summed E-state index contributed by atoms with van der Waals surface area (Å²) in [5.74, 6) is -0.891. The van der Waals surface area contributed by atoms with Gasteiger partial charge in [0.15, 0.2) is 6.10 Å². The first-order chi connectivity index (χ1) is 29.0. The summed E-state index contributed by atoms with van der Waals surface area (Å²) in [5.41, 5.74) is 0. The second-order valence-electron chi connectivity index (χ2n) is 17.4. The van der Waals surface area contributed by atoms with Gasteiger partial charge in [-0.05, 0) is 64.2 Å². The van der Waals surface area contributed by atoms with E-state index >= 15 is 0 Å². The molecule has 0 bridgehead atoms. The highest BCUT2D eigenvalue weighted by Gasteiger charge is 2.19.